The molecule has 1 atom stereocenters. The summed E-state index contributed by atoms with van der Waals surface area (Å²) in [6.07, 6.45) is 1.50. The van der Waals surface area contributed by atoms with Gasteiger partial charge in [-0.15, -0.1) is 10.9 Å². The maximum atomic E-state index is 12.9. The minimum absolute atomic E-state index is 0.112. The molecule has 2 aliphatic rings. The lowest BCUT2D eigenvalue weighted by molar-refractivity contribution is -0.268. The third kappa shape index (κ3) is 3.86. The number of likely N-dealkylation sites (N-methyl/N-ethyl adjacent to an activating group) is 2. The monoisotopic (exact) mass is 418 g/mol. The van der Waals surface area contributed by atoms with Crippen LogP contribution in [0.2, 0.25) is 0 Å². The number of aryl methyl sites for hydroxylation is 1. The van der Waals surface area contributed by atoms with Gasteiger partial charge in [0.15, 0.2) is 0 Å². The topological polar surface area (TPSA) is 105 Å². The second-order valence-corrected chi connectivity index (χ2v) is 7.49. The number of amides is 3. The standard InChI is InChI=1S/C22H22N6O3/c1-14-7-9-15(10-8-14)13-28-18-19(26(2)22(31)27(3)20(18)30)24-21(28)25-23-12-16-5-4-6-17(29)11-16/h4-12,18,29H,13H2,1-3H3/b23-12+. The van der Waals surface area contributed by atoms with E-state index in [1.165, 1.54) is 30.3 Å². The number of guanidine groups is 1. The van der Waals surface area contributed by atoms with Gasteiger partial charge in [0.25, 0.3) is 5.91 Å². The van der Waals surface area contributed by atoms with Crippen molar-refractivity contribution in [3.8, 4) is 5.75 Å². The van der Waals surface area contributed by atoms with Gasteiger partial charge in [-0.3, -0.25) is 9.69 Å². The third-order valence-electron chi connectivity index (χ3n) is 5.24. The largest absolute Gasteiger partial charge is 0.872 e. The van der Waals surface area contributed by atoms with Crippen LogP contribution in [0.5, 0.6) is 5.75 Å². The van der Waals surface area contributed by atoms with Gasteiger partial charge in [0.2, 0.25) is 6.04 Å². The maximum Gasteiger partial charge on any atom is 0.421 e. The number of fused-ring (bicyclic) bond motifs is 1. The van der Waals surface area contributed by atoms with Crippen molar-refractivity contribution in [1.29, 1.82) is 0 Å². The molecule has 0 bridgehead atoms. The summed E-state index contributed by atoms with van der Waals surface area (Å²) < 4.78 is 4.50. The first-order valence-corrected chi connectivity index (χ1v) is 9.74. The van der Waals surface area contributed by atoms with Gasteiger partial charge in [0.1, 0.15) is 0 Å². The normalized spacial score (nSPS) is 18.4. The van der Waals surface area contributed by atoms with Crippen LogP contribution < -0.4 is 15.2 Å². The van der Waals surface area contributed by atoms with Crippen LogP contribution in [0, 0.1) is 6.92 Å². The van der Waals surface area contributed by atoms with E-state index in [1.54, 1.807) is 24.1 Å². The number of imide groups is 1. The molecule has 2 heterocycles. The Balaban J connectivity index is 1.64. The molecule has 2 aromatic rings. The summed E-state index contributed by atoms with van der Waals surface area (Å²) >= 11 is 0. The second-order valence-electron chi connectivity index (χ2n) is 7.49. The molecule has 0 aromatic heterocycles. The minimum Gasteiger partial charge on any atom is -0.872 e. The molecule has 1 fully saturated rings. The molecular weight excluding hydrogens is 396 g/mol. The maximum absolute atomic E-state index is 12.9. The van der Waals surface area contributed by atoms with E-state index >= 15 is 0 Å². The van der Waals surface area contributed by atoms with E-state index in [2.05, 4.69) is 15.2 Å². The van der Waals surface area contributed by atoms with Crippen molar-refractivity contribution in [1.82, 2.24) is 24.8 Å². The predicted octanol–water partition coefficient (Wildman–Crippen LogP) is 0.222. The number of hydrazone groups is 1. The summed E-state index contributed by atoms with van der Waals surface area (Å²) in [6, 6.07) is 13.1. The molecule has 0 aliphatic carbocycles. The van der Waals surface area contributed by atoms with Crippen molar-refractivity contribution in [2.75, 3.05) is 14.1 Å². The lowest BCUT2D eigenvalue weighted by Crippen LogP contribution is -2.63. The van der Waals surface area contributed by atoms with Crippen LogP contribution in [0.4, 0.5) is 4.79 Å². The van der Waals surface area contributed by atoms with E-state index in [4.69, 9.17) is 0 Å². The number of rotatable bonds is 4. The van der Waals surface area contributed by atoms with E-state index in [1.807, 2.05) is 31.2 Å². The Kier molecular flexibility index (Phi) is 5.19. The molecule has 31 heavy (non-hydrogen) atoms. The van der Waals surface area contributed by atoms with Gasteiger partial charge in [-0.1, -0.05) is 54.1 Å². The molecule has 2 aromatic carbocycles. The molecule has 1 N–H and O–H groups in total. The van der Waals surface area contributed by atoms with Crippen LogP contribution in [-0.4, -0.2) is 64.8 Å². The Morgan fingerprint density at radius 1 is 1.13 bits per heavy atom. The Bertz CT molecular complexity index is 1130. The Hall–Kier alpha value is -4.10. The van der Waals surface area contributed by atoms with Crippen molar-refractivity contribution in [3.63, 3.8) is 0 Å². The Labute approximate surface area is 179 Å². The van der Waals surface area contributed by atoms with Gasteiger partial charge >= 0.3 is 17.8 Å². The van der Waals surface area contributed by atoms with E-state index in [-0.39, 0.29) is 11.7 Å². The molecular formula is C22H22N6O3. The first kappa shape index (κ1) is 20.2. The number of nitrogens with one attached hydrogen (secondary N) is 1. The summed E-state index contributed by atoms with van der Waals surface area (Å²) in [5, 5.41) is 15.7. The second kappa shape index (κ2) is 7.97. The fraction of sp³-hybridized carbons (Fsp3) is 0.227. The van der Waals surface area contributed by atoms with Crippen LogP contribution in [0.3, 0.4) is 0 Å². The lowest BCUT2D eigenvalue weighted by atomic mass is 10.1. The fourth-order valence-electron chi connectivity index (χ4n) is 3.50. The molecule has 2 aliphatic heterocycles. The molecule has 1 unspecified atom stereocenters. The zero-order valence-corrected chi connectivity index (χ0v) is 17.4. The van der Waals surface area contributed by atoms with Crippen LogP contribution in [0.1, 0.15) is 16.7 Å². The first-order chi connectivity index (χ1) is 14.8. The number of carbonyl (C=O) groups is 2. The highest BCUT2D eigenvalue weighted by Gasteiger charge is 2.54. The van der Waals surface area contributed by atoms with Gasteiger partial charge in [-0.25, -0.2) is 19.3 Å². The summed E-state index contributed by atoms with van der Waals surface area (Å²) in [5.74, 6) is 0.227. The van der Waals surface area contributed by atoms with Crippen LogP contribution in [0.15, 0.2) is 53.6 Å². The van der Waals surface area contributed by atoms with E-state index in [0.29, 0.717) is 23.9 Å². The molecule has 1 saturated heterocycles. The Morgan fingerprint density at radius 3 is 2.58 bits per heavy atom. The summed E-state index contributed by atoms with van der Waals surface area (Å²) in [6.45, 7) is 2.40. The number of hydrogen-bond donors (Lipinski definition) is 1. The lowest BCUT2D eigenvalue weighted by Gasteiger charge is -2.31. The third-order valence-corrected chi connectivity index (χ3v) is 5.24. The number of carbonyl (C=O) groups excluding carboxylic acids is 2. The van der Waals surface area contributed by atoms with Crippen molar-refractivity contribution >= 4 is 29.9 Å². The van der Waals surface area contributed by atoms with Crippen LogP contribution in [0.25, 0.3) is 0 Å². The number of benzene rings is 2. The molecule has 0 radical (unpaired) electrons. The van der Waals surface area contributed by atoms with Gasteiger partial charge in [-0.2, -0.15) is 5.43 Å². The number of amidine groups is 1. The fourth-order valence-corrected chi connectivity index (χ4v) is 3.50. The highest BCUT2D eigenvalue weighted by molar-refractivity contribution is 6.23. The average Bonchev–Trinajstić information content (AvgIpc) is 3.11. The van der Waals surface area contributed by atoms with Crippen LogP contribution >= 0.6 is 0 Å². The van der Waals surface area contributed by atoms with Crippen LogP contribution in [-0.2, 0) is 11.3 Å². The van der Waals surface area contributed by atoms with Gasteiger partial charge < -0.3 is 5.11 Å². The van der Waals surface area contributed by atoms with E-state index in [9.17, 15) is 14.7 Å². The molecule has 158 valence electrons. The average molecular weight is 418 g/mol. The molecule has 9 heteroatoms. The highest BCUT2D eigenvalue weighted by atomic mass is 16.3. The van der Waals surface area contributed by atoms with Crippen molar-refractivity contribution in [3.05, 3.63) is 65.2 Å². The molecule has 0 spiro atoms. The molecule has 0 saturated carbocycles. The zero-order chi connectivity index (χ0) is 22.1. The number of hydrogen-bond acceptors (Lipinski definition) is 6. The number of urea groups is 1. The smallest absolute Gasteiger partial charge is 0.421 e. The zero-order valence-electron chi connectivity index (χ0n) is 17.4. The minimum atomic E-state index is -0.739. The van der Waals surface area contributed by atoms with Gasteiger partial charge in [-0.05, 0) is 18.1 Å². The van der Waals surface area contributed by atoms with Gasteiger partial charge in [0, 0.05) is 7.05 Å². The Morgan fingerprint density at radius 2 is 1.87 bits per heavy atom. The summed E-state index contributed by atoms with van der Waals surface area (Å²) in [4.78, 5) is 29.5. The number of nitrogens with zero attached hydrogens (tertiary/aromatic N) is 5. The summed E-state index contributed by atoms with van der Waals surface area (Å²) in [7, 11) is 3.05. The SMILES string of the molecule is Cc1ccc(CN2C(N/N=C/c3cccc([O-])c3)=[N+]=C3C2C(=O)N(C)C(=O)N3C)cc1. The molecule has 3 amide bonds. The highest BCUT2D eigenvalue weighted by Crippen LogP contribution is 2.20. The van der Waals surface area contributed by atoms with Gasteiger partial charge in [0.05, 0.1) is 19.8 Å². The van der Waals surface area contributed by atoms with Crippen molar-refractivity contribution in [2.45, 2.75) is 19.5 Å². The predicted molar refractivity (Wildman–Crippen MR) is 115 cm³/mol. The van der Waals surface area contributed by atoms with Crippen molar-refractivity contribution < 1.29 is 14.7 Å². The van der Waals surface area contributed by atoms with E-state index in [0.717, 1.165) is 16.0 Å². The quantitative estimate of drug-likeness (QED) is 0.435. The molecule has 9 nitrogen and oxygen atoms in total. The summed E-state index contributed by atoms with van der Waals surface area (Å²) in [5.41, 5.74) is 5.63. The van der Waals surface area contributed by atoms with E-state index < -0.39 is 12.1 Å². The van der Waals surface area contributed by atoms with Crippen molar-refractivity contribution in [2.24, 2.45) is 5.10 Å². The molecule has 4 rings (SSSR count). The first-order valence-electron chi connectivity index (χ1n) is 9.74.